The summed E-state index contributed by atoms with van der Waals surface area (Å²) in [5.74, 6) is -1.49. The molecule has 0 aliphatic rings. The first-order valence-electron chi connectivity index (χ1n) is 7.16. The monoisotopic (exact) mass is 403 g/mol. The van der Waals surface area contributed by atoms with Crippen molar-refractivity contribution in [2.24, 2.45) is 14.1 Å². The van der Waals surface area contributed by atoms with E-state index in [2.05, 4.69) is 42.1 Å². The number of imidazole rings is 1. The molecule has 24 heavy (non-hydrogen) atoms. The molecule has 0 amide bonds. The van der Waals surface area contributed by atoms with Crippen LogP contribution in [0.1, 0.15) is 0 Å². The summed E-state index contributed by atoms with van der Waals surface area (Å²) >= 11 is 3.37. The number of carboxylic acids is 1. The van der Waals surface area contributed by atoms with Crippen LogP contribution in [0, 0.1) is 0 Å². The normalized spacial score (nSPS) is 11.2. The Morgan fingerprint density at radius 3 is 2.29 bits per heavy atom. The van der Waals surface area contributed by atoms with Gasteiger partial charge in [-0.25, -0.2) is 9.78 Å². The van der Waals surface area contributed by atoms with Crippen molar-refractivity contribution in [1.82, 2.24) is 18.7 Å². The number of alkyl halides is 1. The molecule has 0 aliphatic carbocycles. The zero-order valence-electron chi connectivity index (χ0n) is 14.4. The molecule has 134 valence electrons. The summed E-state index contributed by atoms with van der Waals surface area (Å²) in [5, 5.41) is 11.6. The minimum atomic E-state index is -1.49. The Bertz CT molecular complexity index is 844. The summed E-state index contributed by atoms with van der Waals surface area (Å²) in [6, 6.07) is 0. The molecule has 0 aromatic carbocycles. The number of carboxylic acid groups (broad SMARTS) is 1. The second kappa shape index (κ2) is 7.75. The van der Waals surface area contributed by atoms with Crippen molar-refractivity contribution < 1.29 is 14.4 Å². The molecule has 0 bridgehead atoms. The van der Waals surface area contributed by atoms with E-state index in [1.165, 1.54) is 24.5 Å². The molecule has 0 saturated carbocycles. The first-order valence-corrected chi connectivity index (χ1v) is 8.29. The molecule has 0 spiro atoms. The third kappa shape index (κ3) is 4.78. The number of aliphatic carboxylic acids is 1. The molecule has 0 N–H and O–H groups in total. The number of halogens is 1. The lowest BCUT2D eigenvalue weighted by atomic mass is 10.5. The van der Waals surface area contributed by atoms with Crippen LogP contribution in [0.15, 0.2) is 15.9 Å². The lowest BCUT2D eigenvalue weighted by molar-refractivity contribution is -0.867. The Kier molecular flexibility index (Phi) is 6.50. The van der Waals surface area contributed by atoms with Gasteiger partial charge in [0.25, 0.3) is 5.56 Å². The maximum Gasteiger partial charge on any atom is 0.332 e. The Balaban J connectivity index is 0.000000351. The highest BCUT2D eigenvalue weighted by Gasteiger charge is 2.14. The van der Waals surface area contributed by atoms with E-state index in [0.29, 0.717) is 4.57 Å². The molecule has 9 nitrogen and oxygen atoms in total. The summed E-state index contributed by atoms with van der Waals surface area (Å²) in [7, 11) is 9.55. The molecule has 0 saturated heterocycles. The van der Waals surface area contributed by atoms with E-state index < -0.39 is 23.8 Å². The molecule has 0 radical (unpaired) electrons. The van der Waals surface area contributed by atoms with E-state index in [4.69, 9.17) is 0 Å². The largest absolute Gasteiger partial charge is 0.548 e. The number of quaternary nitrogens is 1. The number of hydrogen-bond acceptors (Lipinski definition) is 5. The van der Waals surface area contributed by atoms with Crippen molar-refractivity contribution in [1.29, 1.82) is 0 Å². The predicted octanol–water partition coefficient (Wildman–Crippen LogP) is -1.73. The number of hydrogen-bond donors (Lipinski definition) is 0. The number of aromatic nitrogens is 4. The van der Waals surface area contributed by atoms with Gasteiger partial charge in [-0.3, -0.25) is 13.9 Å². The van der Waals surface area contributed by atoms with E-state index in [1.54, 1.807) is 7.05 Å². The van der Waals surface area contributed by atoms with E-state index in [1.807, 2.05) is 0 Å². The van der Waals surface area contributed by atoms with Crippen LogP contribution in [0.2, 0.25) is 0 Å². The van der Waals surface area contributed by atoms with Crippen LogP contribution in [0.4, 0.5) is 0 Å². The first-order chi connectivity index (χ1) is 11.0. The van der Waals surface area contributed by atoms with Gasteiger partial charge in [-0.15, -0.1) is 0 Å². The van der Waals surface area contributed by atoms with Crippen molar-refractivity contribution in [2.75, 3.05) is 33.0 Å². The minimum Gasteiger partial charge on any atom is -0.548 e. The molecule has 0 atom stereocenters. The van der Waals surface area contributed by atoms with Gasteiger partial charge in [0, 0.05) is 14.1 Å². The molecule has 2 aromatic rings. The van der Waals surface area contributed by atoms with E-state index in [9.17, 15) is 19.5 Å². The summed E-state index contributed by atoms with van der Waals surface area (Å²) in [5.41, 5.74) is -1.02. The number of carbonyl (C=O) groups excluding carboxylic acids is 1. The lowest BCUT2D eigenvalue weighted by Gasteiger charge is -2.21. The van der Waals surface area contributed by atoms with Gasteiger partial charge in [0.2, 0.25) is 0 Å². The van der Waals surface area contributed by atoms with E-state index in [0.717, 1.165) is 14.4 Å². The Morgan fingerprint density at radius 1 is 1.29 bits per heavy atom. The second-order valence-corrected chi connectivity index (χ2v) is 7.13. The third-order valence-electron chi connectivity index (χ3n) is 3.24. The van der Waals surface area contributed by atoms with Crippen LogP contribution in [-0.4, -0.2) is 62.2 Å². The maximum absolute atomic E-state index is 11.9. The molecule has 10 heteroatoms. The van der Waals surface area contributed by atoms with E-state index >= 15 is 0 Å². The highest BCUT2D eigenvalue weighted by atomic mass is 79.9. The van der Waals surface area contributed by atoms with Crippen LogP contribution < -0.4 is 16.4 Å². The summed E-state index contributed by atoms with van der Waals surface area (Å²) in [6.45, 7) is 0.423. The highest BCUT2D eigenvalue weighted by Crippen LogP contribution is 2.02. The maximum atomic E-state index is 11.9. The number of carbonyl (C=O) groups is 1. The fraction of sp³-hybridized carbons (Fsp3) is 0.571. The van der Waals surface area contributed by atoms with Gasteiger partial charge in [0.05, 0.1) is 51.9 Å². The number of nitrogens with zero attached hydrogens (tertiary/aromatic N) is 5. The van der Waals surface area contributed by atoms with Crippen LogP contribution in [-0.2, 0) is 25.4 Å². The fourth-order valence-electron chi connectivity index (χ4n) is 1.92. The highest BCUT2D eigenvalue weighted by molar-refractivity contribution is 9.09. The van der Waals surface area contributed by atoms with Gasteiger partial charge in [0.1, 0.15) is 0 Å². The zero-order valence-corrected chi connectivity index (χ0v) is 16.0. The van der Waals surface area contributed by atoms with Crippen molar-refractivity contribution in [3.05, 3.63) is 27.2 Å². The molecule has 0 aliphatic heterocycles. The Labute approximate surface area is 147 Å². The SMILES string of the molecule is C[N+](C)(C)CCBr.Cn1cnc2c1c(=O)n(CC(=O)[O-])c(=O)n2C. The average Bonchev–Trinajstić information content (AvgIpc) is 2.82. The van der Waals surface area contributed by atoms with Crippen LogP contribution in [0.25, 0.3) is 11.2 Å². The van der Waals surface area contributed by atoms with Gasteiger partial charge >= 0.3 is 5.69 Å². The third-order valence-corrected chi connectivity index (χ3v) is 3.60. The van der Waals surface area contributed by atoms with Crippen molar-refractivity contribution >= 4 is 33.1 Å². The van der Waals surface area contributed by atoms with Crippen molar-refractivity contribution in [3.63, 3.8) is 0 Å². The molecule has 2 aromatic heterocycles. The first kappa shape index (κ1) is 20.1. The van der Waals surface area contributed by atoms with Crippen molar-refractivity contribution in [2.45, 2.75) is 6.54 Å². The molecule has 0 unspecified atom stereocenters. The van der Waals surface area contributed by atoms with Gasteiger partial charge < -0.3 is 19.0 Å². The van der Waals surface area contributed by atoms with Gasteiger partial charge in [-0.1, -0.05) is 15.9 Å². The summed E-state index contributed by atoms with van der Waals surface area (Å²) in [4.78, 5) is 38.1. The van der Waals surface area contributed by atoms with Crippen molar-refractivity contribution in [3.8, 4) is 0 Å². The predicted molar refractivity (Wildman–Crippen MR) is 91.9 cm³/mol. The quantitative estimate of drug-likeness (QED) is 0.445. The summed E-state index contributed by atoms with van der Waals surface area (Å²) < 4.78 is 4.22. The Hall–Kier alpha value is -1.94. The van der Waals surface area contributed by atoms with Gasteiger partial charge in [-0.2, -0.15) is 0 Å². The van der Waals surface area contributed by atoms with Gasteiger partial charge in [0.15, 0.2) is 11.2 Å². The van der Waals surface area contributed by atoms with Crippen LogP contribution in [0.5, 0.6) is 0 Å². The lowest BCUT2D eigenvalue weighted by Crippen LogP contribution is -2.44. The summed E-state index contributed by atoms with van der Waals surface area (Å²) in [6.07, 6.45) is 1.38. The fourth-order valence-corrected chi connectivity index (χ4v) is 2.98. The molecule has 2 rings (SSSR count). The minimum absolute atomic E-state index is 0.174. The second-order valence-electron chi connectivity index (χ2n) is 6.34. The molecular weight excluding hydrogens is 382 g/mol. The molecule has 0 fully saturated rings. The number of rotatable bonds is 4. The average molecular weight is 404 g/mol. The van der Waals surface area contributed by atoms with Gasteiger partial charge in [-0.05, 0) is 0 Å². The molecule has 2 heterocycles. The number of fused-ring (bicyclic) bond motifs is 1. The number of aryl methyl sites for hydroxylation is 2. The standard InChI is InChI=1S/C9H10N4O4.C5H13BrN/c1-11-4-10-7-6(11)8(16)13(3-5(14)15)9(17)12(7)2;1-7(2,3)5-4-6/h4H,3H2,1-2H3,(H,14,15);4-5H2,1-3H3/q;+1/p-1. The molecular formula is C14H22BrN5O4. The smallest absolute Gasteiger partial charge is 0.332 e. The van der Waals surface area contributed by atoms with Crippen LogP contribution in [0.3, 0.4) is 0 Å². The zero-order chi connectivity index (χ0) is 18.7. The Morgan fingerprint density at radius 2 is 1.88 bits per heavy atom. The van der Waals surface area contributed by atoms with Crippen LogP contribution >= 0.6 is 15.9 Å². The topological polar surface area (TPSA) is 102 Å². The van der Waals surface area contributed by atoms with E-state index in [-0.39, 0.29) is 11.2 Å².